The largest absolute Gasteiger partial charge is 0.492 e. The van der Waals surface area contributed by atoms with Crippen molar-refractivity contribution in [3.8, 4) is 5.75 Å². The maximum atomic E-state index is 12.9. The fourth-order valence-corrected chi connectivity index (χ4v) is 2.25. The number of rotatable bonds is 4. The van der Waals surface area contributed by atoms with E-state index in [-0.39, 0.29) is 12.4 Å². The summed E-state index contributed by atoms with van der Waals surface area (Å²) >= 11 is 0. The third kappa shape index (κ3) is 2.57. The number of hydrogen-bond donors (Lipinski definition) is 1. The maximum absolute atomic E-state index is 12.9. The average Bonchev–Trinajstić information content (AvgIpc) is 2.76. The summed E-state index contributed by atoms with van der Waals surface area (Å²) in [6.07, 6.45) is 3.10. The van der Waals surface area contributed by atoms with Crippen LogP contribution >= 0.6 is 0 Å². The lowest BCUT2D eigenvalue weighted by Gasteiger charge is -2.23. The molecule has 0 unspecified atom stereocenters. The van der Waals surface area contributed by atoms with Crippen molar-refractivity contribution in [3.63, 3.8) is 0 Å². The summed E-state index contributed by atoms with van der Waals surface area (Å²) in [7, 11) is 0. The number of ether oxygens (including phenoxy) is 1. The van der Waals surface area contributed by atoms with Gasteiger partial charge in [0.1, 0.15) is 23.6 Å². The van der Waals surface area contributed by atoms with Gasteiger partial charge in [0.15, 0.2) is 0 Å². The molecule has 0 aromatic heterocycles. The van der Waals surface area contributed by atoms with E-state index in [9.17, 15) is 14.3 Å². The van der Waals surface area contributed by atoms with Gasteiger partial charge in [-0.1, -0.05) is 18.9 Å². The summed E-state index contributed by atoms with van der Waals surface area (Å²) in [5.41, 5.74) is -0.785. The van der Waals surface area contributed by atoms with Crippen molar-refractivity contribution in [3.05, 3.63) is 30.1 Å². The number of aliphatic carboxylic acids is 1. The Bertz CT molecular complexity index is 411. The highest BCUT2D eigenvalue weighted by molar-refractivity contribution is 5.75. The smallest absolute Gasteiger partial charge is 0.313 e. The second-order valence-corrected chi connectivity index (χ2v) is 4.54. The van der Waals surface area contributed by atoms with Crippen LogP contribution in [0.1, 0.15) is 25.7 Å². The summed E-state index contributed by atoms with van der Waals surface area (Å²) in [6.45, 7) is 0.117. The second-order valence-electron chi connectivity index (χ2n) is 4.54. The van der Waals surface area contributed by atoms with Gasteiger partial charge in [0.2, 0.25) is 0 Å². The Hall–Kier alpha value is -1.58. The zero-order valence-electron chi connectivity index (χ0n) is 9.49. The minimum absolute atomic E-state index is 0.117. The number of carboxylic acid groups (broad SMARTS) is 1. The van der Waals surface area contributed by atoms with Gasteiger partial charge in [-0.05, 0) is 25.0 Å². The topological polar surface area (TPSA) is 46.5 Å². The van der Waals surface area contributed by atoms with Crippen LogP contribution in [-0.4, -0.2) is 17.7 Å². The summed E-state index contributed by atoms with van der Waals surface area (Å²) < 4.78 is 18.3. The summed E-state index contributed by atoms with van der Waals surface area (Å²) in [5.74, 6) is -0.803. The first-order valence-corrected chi connectivity index (χ1v) is 5.74. The number of benzene rings is 1. The number of hydrogen-bond acceptors (Lipinski definition) is 2. The Morgan fingerprint density at radius 3 is 2.71 bits per heavy atom. The Kier molecular flexibility index (Phi) is 3.31. The molecule has 1 saturated carbocycles. The minimum atomic E-state index is -0.814. The van der Waals surface area contributed by atoms with Crippen molar-refractivity contribution in [1.29, 1.82) is 0 Å². The van der Waals surface area contributed by atoms with E-state index >= 15 is 0 Å². The molecular weight excluding hydrogens is 223 g/mol. The van der Waals surface area contributed by atoms with E-state index in [1.54, 1.807) is 12.1 Å². The minimum Gasteiger partial charge on any atom is -0.492 e. The van der Waals surface area contributed by atoms with E-state index in [0.29, 0.717) is 18.6 Å². The molecule has 1 aliphatic rings. The molecule has 0 amide bonds. The van der Waals surface area contributed by atoms with Crippen molar-refractivity contribution in [2.24, 2.45) is 5.41 Å². The summed E-state index contributed by atoms with van der Waals surface area (Å²) in [6, 6.07) is 5.78. The third-order valence-electron chi connectivity index (χ3n) is 3.33. The Morgan fingerprint density at radius 1 is 1.41 bits per heavy atom. The molecule has 0 heterocycles. The predicted octanol–water partition coefficient (Wildman–Crippen LogP) is 2.85. The molecule has 1 fully saturated rings. The van der Waals surface area contributed by atoms with Crippen molar-refractivity contribution >= 4 is 5.97 Å². The molecular formula is C13H15FO3. The van der Waals surface area contributed by atoms with Crippen LogP contribution in [0.25, 0.3) is 0 Å². The number of carbonyl (C=O) groups is 1. The quantitative estimate of drug-likeness (QED) is 0.877. The van der Waals surface area contributed by atoms with Gasteiger partial charge in [0.05, 0.1) is 0 Å². The molecule has 2 rings (SSSR count). The van der Waals surface area contributed by atoms with Crippen molar-refractivity contribution in [1.82, 2.24) is 0 Å². The third-order valence-corrected chi connectivity index (χ3v) is 3.33. The van der Waals surface area contributed by atoms with Crippen LogP contribution < -0.4 is 4.74 Å². The van der Waals surface area contributed by atoms with Gasteiger partial charge in [-0.3, -0.25) is 4.79 Å². The fourth-order valence-electron chi connectivity index (χ4n) is 2.25. The van der Waals surface area contributed by atoms with Crippen LogP contribution in [-0.2, 0) is 4.79 Å². The lowest BCUT2D eigenvalue weighted by Crippen LogP contribution is -2.34. The molecule has 1 aliphatic carbocycles. The highest BCUT2D eigenvalue weighted by Crippen LogP contribution is 2.38. The fraction of sp³-hybridized carbons (Fsp3) is 0.462. The van der Waals surface area contributed by atoms with Crippen LogP contribution in [0.4, 0.5) is 4.39 Å². The Balaban J connectivity index is 2.03. The van der Waals surface area contributed by atoms with Gasteiger partial charge in [-0.25, -0.2) is 4.39 Å². The van der Waals surface area contributed by atoms with Gasteiger partial charge in [0.25, 0.3) is 0 Å². The Morgan fingerprint density at radius 2 is 2.12 bits per heavy atom. The highest BCUT2D eigenvalue weighted by Gasteiger charge is 2.42. The van der Waals surface area contributed by atoms with Gasteiger partial charge in [-0.15, -0.1) is 0 Å². The molecule has 1 aromatic carbocycles. The van der Waals surface area contributed by atoms with E-state index < -0.39 is 11.4 Å². The molecule has 17 heavy (non-hydrogen) atoms. The monoisotopic (exact) mass is 238 g/mol. The van der Waals surface area contributed by atoms with Crippen LogP contribution in [0, 0.1) is 11.2 Å². The summed E-state index contributed by atoms with van der Waals surface area (Å²) in [4.78, 5) is 11.3. The zero-order valence-corrected chi connectivity index (χ0v) is 9.49. The lowest BCUT2D eigenvalue weighted by atomic mass is 9.87. The van der Waals surface area contributed by atoms with Gasteiger partial charge < -0.3 is 9.84 Å². The van der Waals surface area contributed by atoms with Crippen LogP contribution in [0.15, 0.2) is 24.3 Å². The molecule has 0 spiro atoms. The molecule has 3 nitrogen and oxygen atoms in total. The molecule has 92 valence electrons. The standard InChI is InChI=1S/C13H15FO3/c14-10-4-3-5-11(8-10)17-9-13(12(15)16)6-1-2-7-13/h3-5,8H,1-2,6-7,9H2,(H,15,16). The molecule has 0 atom stereocenters. The predicted molar refractivity (Wildman–Crippen MR) is 60.4 cm³/mol. The van der Waals surface area contributed by atoms with E-state index in [1.807, 2.05) is 0 Å². The molecule has 0 radical (unpaired) electrons. The SMILES string of the molecule is O=C(O)C1(COc2cccc(F)c2)CCCC1. The molecule has 0 aliphatic heterocycles. The summed E-state index contributed by atoms with van der Waals surface area (Å²) in [5, 5.41) is 9.24. The normalized spacial score (nSPS) is 17.9. The maximum Gasteiger partial charge on any atom is 0.313 e. The van der Waals surface area contributed by atoms with E-state index in [2.05, 4.69) is 0 Å². The van der Waals surface area contributed by atoms with Crippen LogP contribution in [0.2, 0.25) is 0 Å². The molecule has 4 heteroatoms. The van der Waals surface area contributed by atoms with E-state index in [4.69, 9.17) is 4.74 Å². The molecule has 1 N–H and O–H groups in total. The van der Waals surface area contributed by atoms with Gasteiger partial charge in [0, 0.05) is 6.07 Å². The van der Waals surface area contributed by atoms with Gasteiger partial charge >= 0.3 is 5.97 Å². The van der Waals surface area contributed by atoms with Crippen molar-refractivity contribution < 1.29 is 19.0 Å². The Labute approximate surface area is 99.2 Å². The highest BCUT2D eigenvalue weighted by atomic mass is 19.1. The molecule has 0 bridgehead atoms. The lowest BCUT2D eigenvalue weighted by molar-refractivity contribution is -0.150. The van der Waals surface area contributed by atoms with E-state index in [1.165, 1.54) is 12.1 Å². The van der Waals surface area contributed by atoms with E-state index in [0.717, 1.165) is 12.8 Å². The van der Waals surface area contributed by atoms with Crippen molar-refractivity contribution in [2.45, 2.75) is 25.7 Å². The molecule has 1 aromatic rings. The zero-order chi connectivity index (χ0) is 12.3. The van der Waals surface area contributed by atoms with Gasteiger partial charge in [-0.2, -0.15) is 0 Å². The number of carboxylic acids is 1. The average molecular weight is 238 g/mol. The van der Waals surface area contributed by atoms with Crippen molar-refractivity contribution in [2.75, 3.05) is 6.61 Å². The first kappa shape index (κ1) is 11.9. The first-order chi connectivity index (χ1) is 8.12. The van der Waals surface area contributed by atoms with Crippen LogP contribution in [0.3, 0.4) is 0 Å². The first-order valence-electron chi connectivity index (χ1n) is 5.74. The second kappa shape index (κ2) is 4.73. The molecule has 0 saturated heterocycles. The van der Waals surface area contributed by atoms with Crippen LogP contribution in [0.5, 0.6) is 5.75 Å². The number of halogens is 1.